The van der Waals surface area contributed by atoms with Gasteiger partial charge >= 0.3 is 0 Å². The van der Waals surface area contributed by atoms with Crippen molar-refractivity contribution in [2.24, 2.45) is 0 Å². The van der Waals surface area contributed by atoms with E-state index in [0.29, 0.717) is 6.07 Å². The van der Waals surface area contributed by atoms with Crippen LogP contribution in [0.25, 0.3) is 0 Å². The number of hydrogen-bond acceptors (Lipinski definition) is 4. The number of hydrogen-bond donors (Lipinski definition) is 0. The number of aryl methyl sites for hydroxylation is 1. The Hall–Kier alpha value is -2.09. The second kappa shape index (κ2) is 4.54. The largest absolute Gasteiger partial charge is 0.289 e. The number of halogens is 2. The molecule has 0 spiro atoms. The second-order valence-corrected chi connectivity index (χ2v) is 5.47. The molecule has 1 heterocycles. The van der Waals surface area contributed by atoms with Gasteiger partial charge in [0.1, 0.15) is 16.5 Å². The first-order valence-electron chi connectivity index (χ1n) is 5.10. The van der Waals surface area contributed by atoms with Gasteiger partial charge < -0.3 is 0 Å². The predicted octanol–water partition coefficient (Wildman–Crippen LogP) is 1.07. The zero-order valence-corrected chi connectivity index (χ0v) is 10.5. The van der Waals surface area contributed by atoms with Gasteiger partial charge in [-0.2, -0.15) is 13.5 Å². The number of rotatable bonds is 2. The van der Waals surface area contributed by atoms with Crippen molar-refractivity contribution in [3.63, 3.8) is 0 Å². The van der Waals surface area contributed by atoms with E-state index in [4.69, 9.17) is 0 Å². The normalized spacial score (nSPS) is 11.5. The minimum absolute atomic E-state index is 0.179. The third kappa shape index (κ3) is 2.39. The van der Waals surface area contributed by atoms with Gasteiger partial charge in [-0.25, -0.2) is 8.78 Å². The summed E-state index contributed by atoms with van der Waals surface area (Å²) in [6.07, 6.45) is 0. The molecule has 2 aromatic rings. The summed E-state index contributed by atoms with van der Waals surface area (Å²) in [5.41, 5.74) is -0.653. The van der Waals surface area contributed by atoms with E-state index < -0.39 is 32.1 Å². The van der Waals surface area contributed by atoms with Gasteiger partial charge in [0.25, 0.3) is 15.6 Å². The van der Waals surface area contributed by atoms with Crippen molar-refractivity contribution in [2.45, 2.75) is 11.8 Å². The van der Waals surface area contributed by atoms with E-state index in [1.165, 1.54) is 13.0 Å². The Kier molecular flexibility index (Phi) is 3.19. The molecular formula is C11H8F2N2O3S. The molecule has 1 aromatic heterocycles. The maximum atomic E-state index is 13.5. The van der Waals surface area contributed by atoms with Crippen LogP contribution >= 0.6 is 0 Å². The lowest BCUT2D eigenvalue weighted by Crippen LogP contribution is -2.30. The lowest BCUT2D eigenvalue weighted by atomic mass is 10.3. The molecule has 1 aromatic carbocycles. The maximum absolute atomic E-state index is 13.5. The molecule has 5 nitrogen and oxygen atoms in total. The summed E-state index contributed by atoms with van der Waals surface area (Å²) >= 11 is 0. The van der Waals surface area contributed by atoms with Crippen LogP contribution in [-0.2, 0) is 10.0 Å². The first-order chi connectivity index (χ1) is 8.82. The van der Waals surface area contributed by atoms with Gasteiger partial charge in [0.2, 0.25) is 0 Å². The van der Waals surface area contributed by atoms with Gasteiger partial charge in [-0.1, -0.05) is 0 Å². The smallest absolute Gasteiger partial charge is 0.267 e. The quantitative estimate of drug-likeness (QED) is 0.828. The van der Waals surface area contributed by atoms with Crippen LogP contribution in [0.2, 0.25) is 0 Å². The van der Waals surface area contributed by atoms with Crippen molar-refractivity contribution in [1.82, 2.24) is 9.19 Å². The van der Waals surface area contributed by atoms with Crippen LogP contribution in [-0.4, -0.2) is 17.6 Å². The highest BCUT2D eigenvalue weighted by Gasteiger charge is 2.24. The molecule has 0 fully saturated rings. The SMILES string of the molecule is Cc1ccc(=O)n(S(=O)(=O)c2ccc(F)cc2F)n1. The summed E-state index contributed by atoms with van der Waals surface area (Å²) in [7, 11) is -4.49. The van der Waals surface area contributed by atoms with Crippen LogP contribution in [0, 0.1) is 18.6 Å². The Morgan fingerprint density at radius 1 is 1.16 bits per heavy atom. The van der Waals surface area contributed by atoms with Gasteiger partial charge in [-0.05, 0) is 25.1 Å². The van der Waals surface area contributed by atoms with Crippen molar-refractivity contribution in [1.29, 1.82) is 0 Å². The minimum Gasteiger partial charge on any atom is -0.267 e. The molecule has 0 aliphatic carbocycles. The molecule has 19 heavy (non-hydrogen) atoms. The third-order valence-electron chi connectivity index (χ3n) is 2.30. The number of nitrogens with zero attached hydrogens (tertiary/aromatic N) is 2. The van der Waals surface area contributed by atoms with E-state index in [1.807, 2.05) is 0 Å². The standard InChI is InChI=1S/C11H8F2N2O3S/c1-7-2-5-11(16)15(14-7)19(17,18)10-4-3-8(12)6-9(10)13/h2-6H,1H3. The van der Waals surface area contributed by atoms with Crippen LogP contribution in [0.3, 0.4) is 0 Å². The fourth-order valence-electron chi connectivity index (χ4n) is 1.43. The summed E-state index contributed by atoms with van der Waals surface area (Å²) in [6.45, 7) is 1.48. The first kappa shape index (κ1) is 13.3. The molecule has 2 rings (SSSR count). The van der Waals surface area contributed by atoms with Crippen molar-refractivity contribution in [3.05, 3.63) is 58.0 Å². The summed E-state index contributed by atoms with van der Waals surface area (Å²) in [4.78, 5) is 10.7. The summed E-state index contributed by atoms with van der Waals surface area (Å²) in [5.74, 6) is -2.20. The van der Waals surface area contributed by atoms with Crippen LogP contribution < -0.4 is 5.56 Å². The summed E-state index contributed by atoms with van der Waals surface area (Å²) in [5, 5.41) is 3.54. The second-order valence-electron chi connectivity index (χ2n) is 3.74. The first-order valence-corrected chi connectivity index (χ1v) is 6.54. The van der Waals surface area contributed by atoms with Crippen molar-refractivity contribution in [3.8, 4) is 0 Å². The molecule has 0 bridgehead atoms. The van der Waals surface area contributed by atoms with E-state index in [1.54, 1.807) is 0 Å². The van der Waals surface area contributed by atoms with Crippen molar-refractivity contribution < 1.29 is 17.2 Å². The minimum atomic E-state index is -4.49. The molecule has 0 N–H and O–H groups in total. The molecule has 0 aliphatic heterocycles. The van der Waals surface area contributed by atoms with E-state index in [-0.39, 0.29) is 9.78 Å². The van der Waals surface area contributed by atoms with Crippen LogP contribution in [0.1, 0.15) is 5.69 Å². The Bertz CT molecular complexity index is 800. The van der Waals surface area contributed by atoms with Gasteiger partial charge in [-0.3, -0.25) is 4.79 Å². The van der Waals surface area contributed by atoms with Gasteiger partial charge in [0.15, 0.2) is 0 Å². The van der Waals surface area contributed by atoms with E-state index >= 15 is 0 Å². The molecule has 0 saturated carbocycles. The van der Waals surface area contributed by atoms with Crippen LogP contribution in [0.5, 0.6) is 0 Å². The van der Waals surface area contributed by atoms with Gasteiger partial charge in [-0.15, -0.1) is 4.09 Å². The van der Waals surface area contributed by atoms with Gasteiger partial charge in [0.05, 0.1) is 5.69 Å². The molecule has 0 aliphatic rings. The zero-order chi connectivity index (χ0) is 14.2. The monoisotopic (exact) mass is 286 g/mol. The third-order valence-corrected chi connectivity index (χ3v) is 3.91. The average molecular weight is 286 g/mol. The molecule has 0 radical (unpaired) electrons. The summed E-state index contributed by atoms with van der Waals surface area (Å²) < 4.78 is 50.6. The lowest BCUT2D eigenvalue weighted by Gasteiger charge is -2.07. The molecule has 0 saturated heterocycles. The molecule has 8 heteroatoms. The average Bonchev–Trinajstić information content (AvgIpc) is 2.31. The Labute approximate surface area is 107 Å². The topological polar surface area (TPSA) is 69.0 Å². The Balaban J connectivity index is 2.72. The maximum Gasteiger partial charge on any atom is 0.289 e. The van der Waals surface area contributed by atoms with Crippen molar-refractivity contribution >= 4 is 10.0 Å². The summed E-state index contributed by atoms with van der Waals surface area (Å²) in [6, 6.07) is 4.29. The Morgan fingerprint density at radius 3 is 2.47 bits per heavy atom. The highest BCUT2D eigenvalue weighted by Crippen LogP contribution is 2.16. The van der Waals surface area contributed by atoms with E-state index in [2.05, 4.69) is 5.10 Å². The number of benzene rings is 1. The fourth-order valence-corrected chi connectivity index (χ4v) is 2.70. The van der Waals surface area contributed by atoms with Crippen molar-refractivity contribution in [2.75, 3.05) is 0 Å². The lowest BCUT2D eigenvalue weighted by molar-refractivity contribution is 0.540. The highest BCUT2D eigenvalue weighted by atomic mass is 32.2. The predicted molar refractivity (Wildman–Crippen MR) is 62.2 cm³/mol. The Morgan fingerprint density at radius 2 is 1.84 bits per heavy atom. The number of aromatic nitrogens is 2. The van der Waals surface area contributed by atoms with Crippen LogP contribution in [0.4, 0.5) is 8.78 Å². The molecular weight excluding hydrogens is 278 g/mol. The van der Waals surface area contributed by atoms with E-state index in [0.717, 1.165) is 18.2 Å². The zero-order valence-electron chi connectivity index (χ0n) is 9.67. The highest BCUT2D eigenvalue weighted by molar-refractivity contribution is 7.89. The fraction of sp³-hybridized carbons (Fsp3) is 0.0909. The van der Waals surface area contributed by atoms with E-state index in [9.17, 15) is 22.0 Å². The van der Waals surface area contributed by atoms with Gasteiger partial charge in [0, 0.05) is 12.1 Å². The molecule has 0 atom stereocenters. The molecule has 0 amide bonds. The molecule has 0 unspecified atom stereocenters. The molecule has 100 valence electrons. The van der Waals surface area contributed by atoms with Crippen LogP contribution in [0.15, 0.2) is 40.0 Å².